The first-order valence-corrected chi connectivity index (χ1v) is 12.8. The van der Waals surface area contributed by atoms with Crippen molar-refractivity contribution in [2.45, 2.75) is 17.1 Å². The number of nitrogens with zero attached hydrogens (tertiary/aromatic N) is 4. The Balaban J connectivity index is 0.000000623. The van der Waals surface area contributed by atoms with Gasteiger partial charge in [0.1, 0.15) is 5.75 Å². The van der Waals surface area contributed by atoms with Crippen molar-refractivity contribution in [2.75, 3.05) is 13.2 Å². The van der Waals surface area contributed by atoms with Crippen molar-refractivity contribution in [3.05, 3.63) is 95.7 Å². The molecule has 0 bridgehead atoms. The van der Waals surface area contributed by atoms with Crippen LogP contribution in [0.5, 0.6) is 11.6 Å². The van der Waals surface area contributed by atoms with Crippen LogP contribution in [-0.2, 0) is 0 Å². The summed E-state index contributed by atoms with van der Waals surface area (Å²) in [5, 5.41) is 13.7. The van der Waals surface area contributed by atoms with Crippen molar-refractivity contribution in [1.29, 1.82) is 0 Å². The molecule has 6 nitrogen and oxygen atoms in total. The third-order valence-corrected chi connectivity index (χ3v) is 6.10. The maximum Gasteiger partial charge on any atom is 0.220 e. The van der Waals surface area contributed by atoms with Crippen LogP contribution in [0, 0.1) is 12.8 Å². The third kappa shape index (κ3) is 5.21. The highest BCUT2D eigenvalue weighted by Gasteiger charge is 2.41. The first kappa shape index (κ1) is 24.6. The fourth-order valence-corrected chi connectivity index (χ4v) is 4.61. The Morgan fingerprint density at radius 3 is 2.22 bits per heavy atom. The zero-order valence-corrected chi connectivity index (χ0v) is 21.7. The molecule has 0 saturated carbocycles. The average Bonchev–Trinajstić information content (AvgIpc) is 3.24. The second-order valence-electron chi connectivity index (χ2n) is 8.42. The summed E-state index contributed by atoms with van der Waals surface area (Å²) < 4.78 is 13.5. The number of hydrogen-bond acceptors (Lipinski definition) is 5. The van der Waals surface area contributed by atoms with E-state index < -0.39 is 4.30 Å². The number of ether oxygens (including phenoxy) is 2. The zero-order valence-electron chi connectivity index (χ0n) is 19.4. The second-order valence-corrected chi connectivity index (χ2v) is 10.4. The van der Waals surface area contributed by atoms with Crippen LogP contribution in [0.1, 0.15) is 22.7 Å². The number of para-hydroxylation sites is 1. The Hall–Kier alpha value is -3.06. The molecule has 0 spiro atoms. The van der Waals surface area contributed by atoms with Crippen LogP contribution in [0.25, 0.3) is 5.69 Å². The minimum atomic E-state index is -0.750. The number of hydrogen-bond donors (Lipinski definition) is 0. The van der Waals surface area contributed by atoms with Crippen molar-refractivity contribution in [2.24, 2.45) is 16.1 Å². The van der Waals surface area contributed by atoms with Gasteiger partial charge in [-0.3, -0.25) is 0 Å². The molecule has 184 valence electrons. The van der Waals surface area contributed by atoms with Crippen molar-refractivity contribution in [1.82, 2.24) is 9.78 Å². The minimum Gasteiger partial charge on any atom is -0.493 e. The number of aromatic nitrogens is 2. The first-order valence-electron chi connectivity index (χ1n) is 11.4. The Labute approximate surface area is 224 Å². The fraction of sp³-hybridized carbons (Fsp3) is 0.222. The summed E-state index contributed by atoms with van der Waals surface area (Å²) in [4.78, 5) is 0. The molecule has 3 heterocycles. The lowest BCUT2D eigenvalue weighted by atomic mass is 9.78. The van der Waals surface area contributed by atoms with Crippen LogP contribution in [0.15, 0.2) is 89.1 Å². The van der Waals surface area contributed by atoms with Gasteiger partial charge in [0, 0.05) is 23.0 Å². The molecule has 9 heteroatoms. The largest absolute Gasteiger partial charge is 0.493 e. The number of benzene rings is 3. The highest BCUT2D eigenvalue weighted by atomic mass is 35.6. The van der Waals surface area contributed by atoms with Crippen LogP contribution in [0.3, 0.4) is 0 Å². The Bertz CT molecular complexity index is 1360. The van der Waals surface area contributed by atoms with Gasteiger partial charge in [-0.15, -0.1) is 0 Å². The Morgan fingerprint density at radius 1 is 0.861 bits per heavy atom. The number of aryl methyl sites for hydroxylation is 1. The summed E-state index contributed by atoms with van der Waals surface area (Å²) in [5.74, 6) is 2.08. The van der Waals surface area contributed by atoms with Gasteiger partial charge in [-0.25, -0.2) is 4.68 Å². The summed E-state index contributed by atoms with van der Waals surface area (Å²) in [5.41, 5.74) is 5.85. The molecular formula is C27H23Cl3N4O2. The fourth-order valence-electron chi connectivity index (χ4n) is 4.61. The molecular weight excluding hydrogens is 519 g/mol. The second kappa shape index (κ2) is 10.9. The Kier molecular flexibility index (Phi) is 7.46. The van der Waals surface area contributed by atoms with Crippen molar-refractivity contribution >= 4 is 46.2 Å². The highest BCUT2D eigenvalue weighted by molar-refractivity contribution is 6.63. The van der Waals surface area contributed by atoms with Crippen LogP contribution < -0.4 is 9.47 Å². The van der Waals surface area contributed by atoms with E-state index in [0.717, 1.165) is 45.5 Å². The van der Waals surface area contributed by atoms with Crippen molar-refractivity contribution < 1.29 is 9.47 Å². The van der Waals surface area contributed by atoms with Crippen LogP contribution >= 0.6 is 34.8 Å². The summed E-state index contributed by atoms with van der Waals surface area (Å²) >= 11 is 14.4. The third-order valence-electron chi connectivity index (χ3n) is 6.10. The maximum absolute atomic E-state index is 6.23. The van der Waals surface area contributed by atoms with Gasteiger partial charge in [0.15, 0.2) is 4.30 Å². The van der Waals surface area contributed by atoms with Gasteiger partial charge in [-0.05, 0) is 49.4 Å². The lowest BCUT2D eigenvalue weighted by Crippen LogP contribution is -2.35. The summed E-state index contributed by atoms with van der Waals surface area (Å²) in [6, 6.07) is 25.9. The van der Waals surface area contributed by atoms with Gasteiger partial charge >= 0.3 is 0 Å². The van der Waals surface area contributed by atoms with Crippen molar-refractivity contribution in [3.63, 3.8) is 0 Å². The van der Waals surface area contributed by atoms with Gasteiger partial charge in [0.2, 0.25) is 5.88 Å². The monoisotopic (exact) mass is 540 g/mol. The SMILES string of the molecule is Cc1nn(-c2ccccc2)c2c1[C@H]1c3cc(N=Nc4ccccc4)ccc3OC[C@H]1CO2.ClC(Cl)Cl. The lowest BCUT2D eigenvalue weighted by molar-refractivity contribution is 0.121. The Morgan fingerprint density at radius 2 is 1.50 bits per heavy atom. The quantitative estimate of drug-likeness (QED) is 0.194. The van der Waals surface area contributed by atoms with E-state index >= 15 is 0 Å². The van der Waals surface area contributed by atoms with Crippen molar-refractivity contribution in [3.8, 4) is 17.3 Å². The lowest BCUT2D eigenvalue weighted by Gasteiger charge is -2.37. The maximum atomic E-state index is 6.23. The molecule has 0 unspecified atom stereocenters. The molecule has 2 atom stereocenters. The molecule has 1 aromatic heterocycles. The molecule has 6 rings (SSSR count). The summed E-state index contributed by atoms with van der Waals surface area (Å²) in [6.07, 6.45) is 0. The van der Waals surface area contributed by atoms with E-state index in [9.17, 15) is 0 Å². The van der Waals surface area contributed by atoms with Crippen LogP contribution in [0.2, 0.25) is 0 Å². The number of alkyl halides is 3. The highest BCUT2D eigenvalue weighted by Crippen LogP contribution is 2.49. The molecule has 36 heavy (non-hydrogen) atoms. The van der Waals surface area contributed by atoms with E-state index in [2.05, 4.69) is 23.2 Å². The molecule has 0 N–H and O–H groups in total. The van der Waals surface area contributed by atoms with E-state index in [1.807, 2.05) is 77.5 Å². The number of azo groups is 1. The molecule has 0 amide bonds. The van der Waals surface area contributed by atoms with E-state index in [1.54, 1.807) is 0 Å². The van der Waals surface area contributed by atoms with Crippen LogP contribution in [0.4, 0.5) is 11.4 Å². The first-order chi connectivity index (χ1) is 17.5. The van der Waals surface area contributed by atoms with Gasteiger partial charge in [0.05, 0.1) is 36.0 Å². The van der Waals surface area contributed by atoms with Gasteiger partial charge in [0.25, 0.3) is 0 Å². The minimum absolute atomic E-state index is 0.145. The van der Waals surface area contributed by atoms with E-state index in [-0.39, 0.29) is 11.8 Å². The predicted molar refractivity (Wildman–Crippen MR) is 143 cm³/mol. The number of halogens is 3. The average molecular weight is 542 g/mol. The topological polar surface area (TPSA) is 61.0 Å². The summed E-state index contributed by atoms with van der Waals surface area (Å²) in [6.45, 7) is 3.26. The van der Waals surface area contributed by atoms with Gasteiger partial charge < -0.3 is 9.47 Å². The molecule has 0 radical (unpaired) electrons. The molecule has 2 aliphatic heterocycles. The number of fused-ring (bicyclic) bond motifs is 5. The summed E-state index contributed by atoms with van der Waals surface area (Å²) in [7, 11) is 0. The molecule has 3 aromatic carbocycles. The molecule has 0 aliphatic carbocycles. The molecule has 0 saturated heterocycles. The van der Waals surface area contributed by atoms with Crippen LogP contribution in [-0.4, -0.2) is 27.3 Å². The molecule has 2 aliphatic rings. The molecule has 0 fully saturated rings. The zero-order chi connectivity index (χ0) is 25.1. The normalized spacial score (nSPS) is 17.8. The van der Waals surface area contributed by atoms with Gasteiger partial charge in [-0.1, -0.05) is 71.2 Å². The molecule has 4 aromatic rings. The van der Waals surface area contributed by atoms with E-state index in [0.29, 0.717) is 13.2 Å². The van der Waals surface area contributed by atoms with E-state index in [1.165, 1.54) is 0 Å². The smallest absolute Gasteiger partial charge is 0.220 e. The van der Waals surface area contributed by atoms with Gasteiger partial charge in [-0.2, -0.15) is 15.3 Å². The van der Waals surface area contributed by atoms with E-state index in [4.69, 9.17) is 49.4 Å². The number of rotatable bonds is 3. The standard InChI is InChI=1S/C26H22N4O2.CHCl3/c1-17-24-25-18(16-32-26(24)30(29-17)21-10-6-3-7-11-21)15-31-23-13-12-20(14-22(23)25)28-27-19-8-4-2-5-9-19;2-1(3)4/h2-14,18,25H,15-16H2,1H3;1H/t18-,25+;/m0./s1. The predicted octanol–water partition coefficient (Wildman–Crippen LogP) is 8.12.